The van der Waals surface area contributed by atoms with Crippen LogP contribution in [0.15, 0.2) is 48.0 Å². The first-order chi connectivity index (χ1) is 13.0. The van der Waals surface area contributed by atoms with Crippen molar-refractivity contribution in [3.05, 3.63) is 53.6 Å². The molecule has 6 heteroatoms. The number of carbonyl (C=O) groups excluding carboxylic acids is 1. The minimum absolute atomic E-state index is 0.0511. The van der Waals surface area contributed by atoms with Gasteiger partial charge in [-0.05, 0) is 49.8 Å². The van der Waals surface area contributed by atoms with Gasteiger partial charge in [-0.1, -0.05) is 19.1 Å². The summed E-state index contributed by atoms with van der Waals surface area (Å²) >= 11 is 0. The van der Waals surface area contributed by atoms with Crippen LogP contribution in [0.5, 0.6) is 17.2 Å². The van der Waals surface area contributed by atoms with E-state index in [2.05, 4.69) is 5.32 Å². The van der Waals surface area contributed by atoms with E-state index in [9.17, 15) is 15.2 Å². The molecule has 0 saturated carbocycles. The lowest BCUT2D eigenvalue weighted by Crippen LogP contribution is -2.14. The van der Waals surface area contributed by atoms with Crippen LogP contribution in [0.25, 0.3) is 6.08 Å². The number of nitrogens with zero attached hydrogens (tertiary/aromatic N) is 1. The summed E-state index contributed by atoms with van der Waals surface area (Å²) in [4.78, 5) is 12.4. The predicted molar refractivity (Wildman–Crippen MR) is 104 cm³/mol. The molecule has 0 bridgehead atoms. The van der Waals surface area contributed by atoms with Crippen molar-refractivity contribution in [3.63, 3.8) is 0 Å². The Morgan fingerprint density at radius 2 is 2.00 bits per heavy atom. The molecule has 0 aromatic heterocycles. The third-order valence-electron chi connectivity index (χ3n) is 3.91. The van der Waals surface area contributed by atoms with Crippen LogP contribution in [-0.4, -0.2) is 24.2 Å². The fourth-order valence-electron chi connectivity index (χ4n) is 2.27. The van der Waals surface area contributed by atoms with E-state index in [-0.39, 0.29) is 17.4 Å². The molecule has 1 amide bonds. The van der Waals surface area contributed by atoms with Crippen LogP contribution in [-0.2, 0) is 4.79 Å². The summed E-state index contributed by atoms with van der Waals surface area (Å²) in [6, 6.07) is 13.2. The Morgan fingerprint density at radius 1 is 1.30 bits per heavy atom. The van der Waals surface area contributed by atoms with Gasteiger partial charge < -0.3 is 19.9 Å². The zero-order chi connectivity index (χ0) is 19.8. The molecule has 0 fully saturated rings. The third-order valence-corrected chi connectivity index (χ3v) is 3.91. The summed E-state index contributed by atoms with van der Waals surface area (Å²) in [5, 5.41) is 21.4. The first-order valence-electron chi connectivity index (χ1n) is 8.54. The molecular weight excluding hydrogens is 344 g/mol. The van der Waals surface area contributed by atoms with E-state index < -0.39 is 5.91 Å². The van der Waals surface area contributed by atoms with Crippen molar-refractivity contribution in [1.82, 2.24) is 0 Å². The zero-order valence-corrected chi connectivity index (χ0v) is 15.5. The third kappa shape index (κ3) is 5.25. The van der Waals surface area contributed by atoms with E-state index in [1.165, 1.54) is 25.3 Å². The normalized spacial score (nSPS) is 12.0. The molecule has 2 rings (SSSR count). The van der Waals surface area contributed by atoms with Gasteiger partial charge in [-0.15, -0.1) is 0 Å². The quantitative estimate of drug-likeness (QED) is 0.437. The number of carbonyl (C=O) groups is 1. The Hall–Kier alpha value is -3.46. The van der Waals surface area contributed by atoms with Crippen LogP contribution < -0.4 is 14.8 Å². The monoisotopic (exact) mass is 366 g/mol. The van der Waals surface area contributed by atoms with E-state index >= 15 is 0 Å². The van der Waals surface area contributed by atoms with E-state index in [1.807, 2.05) is 19.9 Å². The first kappa shape index (κ1) is 19.9. The summed E-state index contributed by atoms with van der Waals surface area (Å²) in [6.07, 6.45) is 2.22. The highest BCUT2D eigenvalue weighted by atomic mass is 16.5. The maximum Gasteiger partial charge on any atom is 0.266 e. The molecule has 0 heterocycles. The van der Waals surface area contributed by atoms with Gasteiger partial charge in [0.15, 0.2) is 11.5 Å². The van der Waals surface area contributed by atoms with Crippen molar-refractivity contribution in [2.24, 2.45) is 0 Å². The molecule has 1 unspecified atom stereocenters. The fraction of sp³-hybridized carbons (Fsp3) is 0.238. The molecule has 140 valence electrons. The second kappa shape index (κ2) is 9.30. The number of para-hydroxylation sites is 1. The number of nitrogens with one attached hydrogen (secondary N) is 1. The molecule has 0 radical (unpaired) electrons. The number of amides is 1. The SMILES string of the molecule is CCC(C)Oc1c(/C=C(/C#N)C(=O)Nc2ccc(O)cc2)cccc1OC. The first-order valence-corrected chi connectivity index (χ1v) is 8.54. The molecule has 0 aliphatic carbocycles. The van der Waals surface area contributed by atoms with Gasteiger partial charge in [0.05, 0.1) is 13.2 Å². The molecule has 2 aromatic carbocycles. The van der Waals surface area contributed by atoms with Crippen LogP contribution >= 0.6 is 0 Å². The average Bonchev–Trinajstić information content (AvgIpc) is 2.68. The zero-order valence-electron chi connectivity index (χ0n) is 15.5. The van der Waals surface area contributed by atoms with Crippen LogP contribution in [0, 0.1) is 11.3 Å². The summed E-state index contributed by atoms with van der Waals surface area (Å²) in [7, 11) is 1.54. The van der Waals surface area contributed by atoms with Gasteiger partial charge in [0, 0.05) is 11.3 Å². The number of ether oxygens (including phenoxy) is 2. The van der Waals surface area contributed by atoms with E-state index in [0.717, 1.165) is 6.42 Å². The highest BCUT2D eigenvalue weighted by Crippen LogP contribution is 2.34. The van der Waals surface area contributed by atoms with E-state index in [1.54, 1.807) is 30.3 Å². The van der Waals surface area contributed by atoms with Crippen LogP contribution in [0.4, 0.5) is 5.69 Å². The molecule has 6 nitrogen and oxygen atoms in total. The summed E-state index contributed by atoms with van der Waals surface area (Å²) in [5.41, 5.74) is 0.970. The van der Waals surface area contributed by atoms with E-state index in [0.29, 0.717) is 22.7 Å². The maximum absolute atomic E-state index is 12.4. The number of benzene rings is 2. The Bertz CT molecular complexity index is 867. The number of anilines is 1. The molecule has 0 spiro atoms. The molecule has 2 aromatic rings. The lowest BCUT2D eigenvalue weighted by Gasteiger charge is -2.17. The number of phenolic OH excluding ortho intramolecular Hbond substituents is 1. The molecule has 27 heavy (non-hydrogen) atoms. The summed E-state index contributed by atoms with van der Waals surface area (Å²) in [5.74, 6) is 0.549. The Morgan fingerprint density at radius 3 is 2.59 bits per heavy atom. The number of methoxy groups -OCH3 is 1. The highest BCUT2D eigenvalue weighted by molar-refractivity contribution is 6.09. The standard InChI is InChI=1S/C21H22N2O4/c1-4-14(2)27-20-15(6-5-7-19(20)26-3)12-16(13-22)21(25)23-17-8-10-18(24)11-9-17/h5-12,14,24H,4H2,1-3H3,(H,23,25)/b16-12-. The van der Waals surface area contributed by atoms with Gasteiger partial charge in [-0.2, -0.15) is 5.26 Å². The maximum atomic E-state index is 12.4. The second-order valence-corrected chi connectivity index (χ2v) is 5.89. The average molecular weight is 366 g/mol. The molecule has 0 aliphatic rings. The predicted octanol–water partition coefficient (Wildman–Crippen LogP) is 4.12. The number of phenols is 1. The van der Waals surface area contributed by atoms with Gasteiger partial charge in [-0.25, -0.2) is 0 Å². The van der Waals surface area contributed by atoms with Crippen molar-refractivity contribution < 1.29 is 19.4 Å². The van der Waals surface area contributed by atoms with Gasteiger partial charge in [0.25, 0.3) is 5.91 Å². The number of aromatic hydroxyl groups is 1. The van der Waals surface area contributed by atoms with Gasteiger partial charge in [0.1, 0.15) is 17.4 Å². The Labute approximate surface area is 158 Å². The van der Waals surface area contributed by atoms with E-state index in [4.69, 9.17) is 9.47 Å². The molecule has 0 aliphatic heterocycles. The summed E-state index contributed by atoms with van der Waals surface area (Å²) < 4.78 is 11.3. The topological polar surface area (TPSA) is 91.6 Å². The molecular formula is C21H22N2O4. The van der Waals surface area contributed by atoms with Gasteiger partial charge >= 0.3 is 0 Å². The molecule has 1 atom stereocenters. The van der Waals surface area contributed by atoms with Crippen molar-refractivity contribution >= 4 is 17.7 Å². The highest BCUT2D eigenvalue weighted by Gasteiger charge is 2.15. The minimum atomic E-state index is -0.555. The number of hydrogen-bond donors (Lipinski definition) is 2. The second-order valence-electron chi connectivity index (χ2n) is 5.89. The molecule has 0 saturated heterocycles. The van der Waals surface area contributed by atoms with Crippen LogP contribution in [0.2, 0.25) is 0 Å². The molecule has 2 N–H and O–H groups in total. The van der Waals surface area contributed by atoms with Crippen molar-refractivity contribution in [2.45, 2.75) is 26.4 Å². The smallest absolute Gasteiger partial charge is 0.266 e. The van der Waals surface area contributed by atoms with Gasteiger partial charge in [0.2, 0.25) is 0 Å². The lowest BCUT2D eigenvalue weighted by atomic mass is 10.1. The van der Waals surface area contributed by atoms with Crippen molar-refractivity contribution in [1.29, 1.82) is 5.26 Å². The van der Waals surface area contributed by atoms with Gasteiger partial charge in [-0.3, -0.25) is 4.79 Å². The number of nitriles is 1. The van der Waals surface area contributed by atoms with Crippen LogP contribution in [0.1, 0.15) is 25.8 Å². The fourth-order valence-corrected chi connectivity index (χ4v) is 2.27. The Kier molecular flexibility index (Phi) is 6.84. The largest absolute Gasteiger partial charge is 0.508 e. The lowest BCUT2D eigenvalue weighted by molar-refractivity contribution is -0.112. The summed E-state index contributed by atoms with van der Waals surface area (Å²) in [6.45, 7) is 3.93. The number of hydrogen-bond acceptors (Lipinski definition) is 5. The number of rotatable bonds is 7. The van der Waals surface area contributed by atoms with Crippen molar-refractivity contribution in [3.8, 4) is 23.3 Å². The minimum Gasteiger partial charge on any atom is -0.508 e. The van der Waals surface area contributed by atoms with Crippen LogP contribution in [0.3, 0.4) is 0 Å². The Balaban J connectivity index is 2.34. The van der Waals surface area contributed by atoms with Crippen molar-refractivity contribution in [2.75, 3.05) is 12.4 Å².